The van der Waals surface area contributed by atoms with E-state index in [1.54, 1.807) is 25.1 Å². The number of para-hydroxylation sites is 1. The Bertz CT molecular complexity index is 720. The van der Waals surface area contributed by atoms with Crippen LogP contribution in [0.2, 0.25) is 0 Å². The third kappa shape index (κ3) is 2.59. The van der Waals surface area contributed by atoms with Gasteiger partial charge in [-0.15, -0.1) is 0 Å². The van der Waals surface area contributed by atoms with Crippen LogP contribution in [0.3, 0.4) is 0 Å². The zero-order valence-corrected chi connectivity index (χ0v) is 10.6. The fraction of sp³-hybridized carbons (Fsp3) is 0.0667. The molecule has 1 N–H and O–H groups in total. The lowest BCUT2D eigenvalue weighted by Gasteiger charge is -2.12. The average Bonchev–Trinajstić information content (AvgIpc) is 2.42. The number of nitrogens with zero attached hydrogens (tertiary/aromatic N) is 1. The minimum atomic E-state index is -1.30. The van der Waals surface area contributed by atoms with Gasteiger partial charge < -0.3 is 9.84 Å². The lowest BCUT2D eigenvalue weighted by molar-refractivity contribution is 0.0693. The number of ether oxygens (including phenoxy) is 1. The van der Waals surface area contributed by atoms with Gasteiger partial charge in [0.1, 0.15) is 28.9 Å². The number of hydrogen-bond donors (Lipinski definition) is 1. The van der Waals surface area contributed by atoms with E-state index in [2.05, 4.69) is 0 Å². The molecule has 0 amide bonds. The maximum Gasteiger partial charge on any atom is 0.339 e. The first-order valence-electron chi connectivity index (χ1n) is 5.73. The number of carboxylic acid groups (broad SMARTS) is 1. The van der Waals surface area contributed by atoms with E-state index in [1.165, 1.54) is 6.07 Å². The number of carboxylic acids is 1. The van der Waals surface area contributed by atoms with Crippen LogP contribution in [0.25, 0.3) is 0 Å². The average molecular weight is 271 g/mol. The van der Waals surface area contributed by atoms with E-state index in [4.69, 9.17) is 15.1 Å². The van der Waals surface area contributed by atoms with Crippen LogP contribution in [0, 0.1) is 24.1 Å². The quantitative estimate of drug-likeness (QED) is 0.927. The van der Waals surface area contributed by atoms with Crippen molar-refractivity contribution < 1.29 is 19.0 Å². The normalized spacial score (nSPS) is 9.85. The van der Waals surface area contributed by atoms with E-state index in [0.29, 0.717) is 5.56 Å². The molecular formula is C15H10FNO3. The van der Waals surface area contributed by atoms with Gasteiger partial charge in [0.15, 0.2) is 0 Å². The predicted octanol–water partition coefficient (Wildman–Crippen LogP) is 3.50. The summed E-state index contributed by atoms with van der Waals surface area (Å²) in [6.07, 6.45) is 0. The molecule has 0 bridgehead atoms. The van der Waals surface area contributed by atoms with Crippen molar-refractivity contribution in [3.05, 3.63) is 58.9 Å². The molecule has 0 unspecified atom stereocenters. The van der Waals surface area contributed by atoms with Gasteiger partial charge in [0.2, 0.25) is 0 Å². The van der Waals surface area contributed by atoms with Crippen molar-refractivity contribution in [2.45, 2.75) is 6.92 Å². The second-order valence-corrected chi connectivity index (χ2v) is 4.11. The zero-order chi connectivity index (χ0) is 14.7. The van der Waals surface area contributed by atoms with Crippen LogP contribution >= 0.6 is 0 Å². The highest BCUT2D eigenvalue weighted by atomic mass is 19.1. The minimum absolute atomic E-state index is 0.00954. The summed E-state index contributed by atoms with van der Waals surface area (Å²) < 4.78 is 18.6. The molecule has 0 fully saturated rings. The summed E-state index contributed by atoms with van der Waals surface area (Å²) in [5, 5.41) is 18.1. The number of aryl methyl sites for hydroxylation is 1. The van der Waals surface area contributed by atoms with Gasteiger partial charge in [0, 0.05) is 0 Å². The predicted molar refractivity (Wildman–Crippen MR) is 69.3 cm³/mol. The number of hydrogen-bond acceptors (Lipinski definition) is 3. The molecule has 2 rings (SSSR count). The zero-order valence-electron chi connectivity index (χ0n) is 10.6. The van der Waals surface area contributed by atoms with Crippen LogP contribution in [-0.4, -0.2) is 11.1 Å². The second kappa shape index (κ2) is 5.41. The molecule has 4 nitrogen and oxygen atoms in total. The van der Waals surface area contributed by atoms with Crippen LogP contribution in [0.5, 0.6) is 11.5 Å². The minimum Gasteiger partial charge on any atom is -0.478 e. The van der Waals surface area contributed by atoms with Gasteiger partial charge in [-0.25, -0.2) is 9.18 Å². The maximum absolute atomic E-state index is 13.1. The van der Waals surface area contributed by atoms with Crippen LogP contribution in [0.4, 0.5) is 4.39 Å². The van der Waals surface area contributed by atoms with Crippen molar-refractivity contribution in [1.29, 1.82) is 5.26 Å². The second-order valence-electron chi connectivity index (χ2n) is 4.11. The molecule has 2 aromatic rings. The van der Waals surface area contributed by atoms with Gasteiger partial charge in [-0.1, -0.05) is 12.1 Å². The summed E-state index contributed by atoms with van der Waals surface area (Å²) in [4.78, 5) is 11.1. The van der Waals surface area contributed by atoms with Crippen molar-refractivity contribution in [3.63, 3.8) is 0 Å². The first-order valence-corrected chi connectivity index (χ1v) is 5.73. The van der Waals surface area contributed by atoms with Gasteiger partial charge in [0.05, 0.1) is 5.56 Å². The Morgan fingerprint density at radius 2 is 2.10 bits per heavy atom. The fourth-order valence-electron chi connectivity index (χ4n) is 1.74. The molecule has 2 aromatic carbocycles. The highest BCUT2D eigenvalue weighted by Gasteiger charge is 2.16. The SMILES string of the molecule is Cc1cccc(C#N)c1Oc1ccc(F)cc1C(=O)O. The highest BCUT2D eigenvalue weighted by molar-refractivity contribution is 5.91. The largest absolute Gasteiger partial charge is 0.478 e. The molecule has 0 radical (unpaired) electrons. The molecule has 0 aliphatic heterocycles. The maximum atomic E-state index is 13.1. The van der Waals surface area contributed by atoms with E-state index < -0.39 is 11.8 Å². The standard InChI is InChI=1S/C15H10FNO3/c1-9-3-2-4-10(8-17)14(9)20-13-6-5-11(16)7-12(13)15(18)19/h2-7H,1H3,(H,18,19). The topological polar surface area (TPSA) is 70.3 Å². The van der Waals surface area contributed by atoms with Gasteiger partial charge in [0.25, 0.3) is 0 Å². The summed E-state index contributed by atoms with van der Waals surface area (Å²) in [7, 11) is 0. The molecule has 100 valence electrons. The number of benzene rings is 2. The third-order valence-electron chi connectivity index (χ3n) is 2.72. The molecule has 20 heavy (non-hydrogen) atoms. The lowest BCUT2D eigenvalue weighted by Crippen LogP contribution is -2.02. The van der Waals surface area contributed by atoms with Crippen molar-refractivity contribution in [2.24, 2.45) is 0 Å². The number of nitriles is 1. The van der Waals surface area contributed by atoms with Crippen LogP contribution in [0.1, 0.15) is 21.5 Å². The fourth-order valence-corrected chi connectivity index (χ4v) is 1.74. The van der Waals surface area contributed by atoms with Crippen molar-refractivity contribution in [3.8, 4) is 17.6 Å². The number of halogens is 1. The molecule has 0 spiro atoms. The van der Waals surface area contributed by atoms with Gasteiger partial charge in [-0.05, 0) is 36.8 Å². The Hall–Kier alpha value is -2.87. The highest BCUT2D eigenvalue weighted by Crippen LogP contribution is 2.31. The van der Waals surface area contributed by atoms with E-state index in [1.807, 2.05) is 6.07 Å². The van der Waals surface area contributed by atoms with Crippen LogP contribution in [0.15, 0.2) is 36.4 Å². The van der Waals surface area contributed by atoms with Crippen molar-refractivity contribution >= 4 is 5.97 Å². The Kier molecular flexibility index (Phi) is 3.67. The van der Waals surface area contributed by atoms with Crippen molar-refractivity contribution in [1.82, 2.24) is 0 Å². The summed E-state index contributed by atoms with van der Waals surface area (Å²) in [5.41, 5.74) is 0.674. The molecule has 5 heteroatoms. The smallest absolute Gasteiger partial charge is 0.339 e. The summed E-state index contributed by atoms with van der Waals surface area (Å²) in [6, 6.07) is 10.2. The summed E-state index contributed by atoms with van der Waals surface area (Å²) >= 11 is 0. The Morgan fingerprint density at radius 3 is 2.75 bits per heavy atom. The summed E-state index contributed by atoms with van der Waals surface area (Å²) in [6.45, 7) is 1.74. The third-order valence-corrected chi connectivity index (χ3v) is 2.72. The molecule has 0 atom stereocenters. The number of aromatic carboxylic acids is 1. The molecule has 0 aromatic heterocycles. The van der Waals surface area contributed by atoms with Gasteiger partial charge >= 0.3 is 5.97 Å². The van der Waals surface area contributed by atoms with Gasteiger partial charge in [-0.3, -0.25) is 0 Å². The Morgan fingerprint density at radius 1 is 1.35 bits per heavy atom. The molecule has 0 aliphatic rings. The monoisotopic (exact) mass is 271 g/mol. The van der Waals surface area contributed by atoms with E-state index in [0.717, 1.165) is 12.1 Å². The lowest BCUT2D eigenvalue weighted by atomic mass is 10.1. The Labute approximate surface area is 114 Å². The summed E-state index contributed by atoms with van der Waals surface area (Å²) in [5.74, 6) is -1.71. The van der Waals surface area contributed by atoms with E-state index >= 15 is 0 Å². The molecule has 0 saturated carbocycles. The molecule has 0 heterocycles. The molecule has 0 saturated heterocycles. The Balaban J connectivity index is 2.51. The molecular weight excluding hydrogens is 261 g/mol. The number of rotatable bonds is 3. The van der Waals surface area contributed by atoms with E-state index in [-0.39, 0.29) is 22.6 Å². The first-order chi connectivity index (χ1) is 9.52. The van der Waals surface area contributed by atoms with Crippen LogP contribution < -0.4 is 4.74 Å². The first kappa shape index (κ1) is 13.6. The van der Waals surface area contributed by atoms with E-state index in [9.17, 15) is 9.18 Å². The van der Waals surface area contributed by atoms with Gasteiger partial charge in [-0.2, -0.15) is 5.26 Å². The molecule has 0 aliphatic carbocycles. The number of carbonyl (C=O) groups is 1. The van der Waals surface area contributed by atoms with Crippen LogP contribution in [-0.2, 0) is 0 Å². The van der Waals surface area contributed by atoms with Crippen molar-refractivity contribution in [2.75, 3.05) is 0 Å².